The number of hydrogen-bond donors (Lipinski definition) is 1. The Hall–Kier alpha value is -4.10. The minimum atomic E-state index is -3.86. The van der Waals surface area contributed by atoms with Crippen molar-refractivity contribution in [3.05, 3.63) is 80.6 Å². The Labute approximate surface area is 194 Å². The number of rotatable bonds is 10. The van der Waals surface area contributed by atoms with Crippen LogP contribution in [0.2, 0.25) is 0 Å². The summed E-state index contributed by atoms with van der Waals surface area (Å²) in [6.07, 6.45) is 1.29. The number of sulfonamides is 1. The lowest BCUT2D eigenvalue weighted by molar-refractivity contribution is -0.384. The third kappa shape index (κ3) is 5.27. The van der Waals surface area contributed by atoms with Gasteiger partial charge in [0.2, 0.25) is 10.0 Å². The molecule has 12 nitrogen and oxygen atoms in total. The Morgan fingerprint density at radius 2 is 1.68 bits per heavy atom. The summed E-state index contributed by atoms with van der Waals surface area (Å²) in [5.74, 6) is 0.775. The number of hydrazone groups is 1. The number of nitro benzene ring substituents is 2. The number of hydrogen-bond acceptors (Lipinski definition) is 9. The largest absolute Gasteiger partial charge is 0.455 e. The molecule has 1 heterocycles. The second-order valence-electron chi connectivity index (χ2n) is 6.90. The number of nitrogens with one attached hydrogen (secondary N) is 1. The van der Waals surface area contributed by atoms with Crippen molar-refractivity contribution in [2.24, 2.45) is 5.10 Å². The number of nitro groups is 2. The van der Waals surface area contributed by atoms with E-state index in [2.05, 4.69) is 10.5 Å². The molecule has 178 valence electrons. The highest BCUT2D eigenvalue weighted by atomic mass is 32.2. The van der Waals surface area contributed by atoms with Gasteiger partial charge in [-0.2, -0.15) is 9.41 Å². The molecule has 0 spiro atoms. The summed E-state index contributed by atoms with van der Waals surface area (Å²) >= 11 is 0. The van der Waals surface area contributed by atoms with E-state index in [4.69, 9.17) is 4.42 Å². The highest BCUT2D eigenvalue weighted by Gasteiger charge is 2.25. The van der Waals surface area contributed by atoms with E-state index in [0.717, 1.165) is 6.07 Å². The van der Waals surface area contributed by atoms with Crippen LogP contribution in [0.25, 0.3) is 11.3 Å². The van der Waals surface area contributed by atoms with Gasteiger partial charge in [0.1, 0.15) is 17.2 Å². The molecule has 0 aliphatic rings. The standard InChI is InChI=1S/C21H21N5O7S/c1-3-24(4-2)34(31,32)18-10-11-19(20(13-18)26(29)30)23-22-14-17-9-12-21(33-17)15-5-7-16(8-6-15)25(27)28/h5-14,23H,3-4H2,1-2H3. The molecule has 1 aromatic heterocycles. The van der Waals surface area contributed by atoms with Gasteiger partial charge in [-0.15, -0.1) is 0 Å². The average molecular weight is 487 g/mol. The molecular weight excluding hydrogens is 466 g/mol. The first-order valence-electron chi connectivity index (χ1n) is 10.1. The monoisotopic (exact) mass is 487 g/mol. The Balaban J connectivity index is 1.78. The minimum absolute atomic E-state index is 0.00176. The molecule has 0 unspecified atom stereocenters. The summed E-state index contributed by atoms with van der Waals surface area (Å²) in [6.45, 7) is 3.84. The molecule has 0 aliphatic carbocycles. The van der Waals surface area contributed by atoms with E-state index in [9.17, 15) is 28.6 Å². The molecule has 2 aromatic carbocycles. The van der Waals surface area contributed by atoms with Crippen LogP contribution in [-0.2, 0) is 10.0 Å². The number of non-ortho nitro benzene ring substituents is 1. The van der Waals surface area contributed by atoms with Gasteiger partial charge in [0.15, 0.2) is 0 Å². The van der Waals surface area contributed by atoms with E-state index in [0.29, 0.717) is 17.1 Å². The van der Waals surface area contributed by atoms with Crippen molar-refractivity contribution < 1.29 is 22.7 Å². The first kappa shape index (κ1) is 24.5. The van der Waals surface area contributed by atoms with Crippen molar-refractivity contribution in [2.75, 3.05) is 18.5 Å². The molecule has 3 rings (SSSR count). The second-order valence-corrected chi connectivity index (χ2v) is 8.84. The van der Waals surface area contributed by atoms with Crippen molar-refractivity contribution in [3.63, 3.8) is 0 Å². The second kappa shape index (κ2) is 10.2. The van der Waals surface area contributed by atoms with Crippen LogP contribution in [0.1, 0.15) is 19.6 Å². The van der Waals surface area contributed by atoms with Gasteiger partial charge in [-0.25, -0.2) is 8.42 Å². The van der Waals surface area contributed by atoms with Crippen molar-refractivity contribution in [2.45, 2.75) is 18.7 Å². The third-order valence-electron chi connectivity index (χ3n) is 4.88. The third-order valence-corrected chi connectivity index (χ3v) is 6.92. The fourth-order valence-corrected chi connectivity index (χ4v) is 4.60. The molecule has 0 saturated heterocycles. The zero-order valence-corrected chi connectivity index (χ0v) is 19.1. The first-order chi connectivity index (χ1) is 16.2. The van der Waals surface area contributed by atoms with Crippen LogP contribution in [0.3, 0.4) is 0 Å². The summed E-state index contributed by atoms with van der Waals surface area (Å²) in [5, 5.41) is 26.2. The number of nitrogens with zero attached hydrogens (tertiary/aromatic N) is 4. The topological polar surface area (TPSA) is 161 Å². The number of furan rings is 1. The van der Waals surface area contributed by atoms with Gasteiger partial charge in [0, 0.05) is 36.9 Å². The smallest absolute Gasteiger partial charge is 0.295 e. The molecular formula is C21H21N5O7S. The van der Waals surface area contributed by atoms with Crippen LogP contribution < -0.4 is 5.43 Å². The van der Waals surface area contributed by atoms with Gasteiger partial charge >= 0.3 is 0 Å². The Morgan fingerprint density at radius 1 is 1.00 bits per heavy atom. The highest BCUT2D eigenvalue weighted by Crippen LogP contribution is 2.29. The van der Waals surface area contributed by atoms with Crippen molar-refractivity contribution in [1.29, 1.82) is 0 Å². The van der Waals surface area contributed by atoms with E-state index in [1.54, 1.807) is 38.1 Å². The van der Waals surface area contributed by atoms with Crippen LogP contribution >= 0.6 is 0 Å². The SMILES string of the molecule is CCN(CC)S(=O)(=O)c1ccc(NN=Cc2ccc(-c3ccc([N+](=O)[O-])cc3)o2)c([N+](=O)[O-])c1. The van der Waals surface area contributed by atoms with Crippen LogP contribution in [0, 0.1) is 20.2 Å². The lowest BCUT2D eigenvalue weighted by atomic mass is 10.1. The number of anilines is 1. The Morgan fingerprint density at radius 3 is 2.26 bits per heavy atom. The maximum absolute atomic E-state index is 12.7. The zero-order valence-electron chi connectivity index (χ0n) is 18.2. The Kier molecular flexibility index (Phi) is 7.38. The van der Waals surface area contributed by atoms with Crippen molar-refractivity contribution in [3.8, 4) is 11.3 Å². The average Bonchev–Trinajstić information content (AvgIpc) is 3.28. The molecule has 0 atom stereocenters. The normalized spacial score (nSPS) is 11.7. The molecule has 1 N–H and O–H groups in total. The van der Waals surface area contributed by atoms with Crippen LogP contribution in [0.4, 0.5) is 17.1 Å². The molecule has 0 aliphatic heterocycles. The highest BCUT2D eigenvalue weighted by molar-refractivity contribution is 7.89. The lowest BCUT2D eigenvalue weighted by Gasteiger charge is -2.18. The van der Waals surface area contributed by atoms with E-state index in [1.165, 1.54) is 34.8 Å². The van der Waals surface area contributed by atoms with E-state index < -0.39 is 25.6 Å². The number of benzene rings is 2. The van der Waals surface area contributed by atoms with Crippen LogP contribution in [0.15, 0.2) is 69.0 Å². The van der Waals surface area contributed by atoms with Crippen LogP contribution in [0.5, 0.6) is 0 Å². The quantitative estimate of drug-likeness (QED) is 0.252. The summed E-state index contributed by atoms with van der Waals surface area (Å²) in [7, 11) is -3.86. The van der Waals surface area contributed by atoms with E-state index >= 15 is 0 Å². The van der Waals surface area contributed by atoms with Crippen molar-refractivity contribution >= 4 is 33.3 Å². The fourth-order valence-electron chi connectivity index (χ4n) is 3.12. The van der Waals surface area contributed by atoms with Crippen molar-refractivity contribution in [1.82, 2.24) is 4.31 Å². The molecule has 0 amide bonds. The molecule has 0 bridgehead atoms. The van der Waals surface area contributed by atoms with Gasteiger partial charge in [-0.1, -0.05) is 13.8 Å². The summed E-state index contributed by atoms with van der Waals surface area (Å²) < 4.78 is 32.1. The molecule has 0 radical (unpaired) electrons. The first-order valence-corrected chi connectivity index (χ1v) is 11.5. The van der Waals surface area contributed by atoms with Gasteiger partial charge in [0.25, 0.3) is 11.4 Å². The van der Waals surface area contributed by atoms with Gasteiger partial charge in [-0.05, 0) is 36.4 Å². The van der Waals surface area contributed by atoms with E-state index in [1.807, 2.05) is 0 Å². The maximum atomic E-state index is 12.7. The zero-order chi connectivity index (χ0) is 24.9. The summed E-state index contributed by atoms with van der Waals surface area (Å²) in [6, 6.07) is 12.6. The predicted molar refractivity (Wildman–Crippen MR) is 125 cm³/mol. The summed E-state index contributed by atoms with van der Waals surface area (Å²) in [4.78, 5) is 20.9. The lowest BCUT2D eigenvalue weighted by Crippen LogP contribution is -2.30. The Bertz CT molecular complexity index is 1330. The maximum Gasteiger partial charge on any atom is 0.295 e. The predicted octanol–water partition coefficient (Wildman–Crippen LogP) is 4.24. The molecule has 13 heteroatoms. The van der Waals surface area contributed by atoms with Gasteiger partial charge in [-0.3, -0.25) is 25.7 Å². The molecule has 34 heavy (non-hydrogen) atoms. The molecule has 0 fully saturated rings. The molecule has 3 aromatic rings. The minimum Gasteiger partial charge on any atom is -0.455 e. The summed E-state index contributed by atoms with van der Waals surface area (Å²) in [5.41, 5.74) is 2.67. The fraction of sp³-hybridized carbons (Fsp3) is 0.190. The van der Waals surface area contributed by atoms with Gasteiger partial charge in [0.05, 0.1) is 21.0 Å². The van der Waals surface area contributed by atoms with E-state index in [-0.39, 0.29) is 29.4 Å². The van der Waals surface area contributed by atoms with Crippen LogP contribution in [-0.4, -0.2) is 41.9 Å². The molecule has 0 saturated carbocycles. The van der Waals surface area contributed by atoms with Gasteiger partial charge < -0.3 is 4.42 Å².